The molecule has 210 valence electrons. The number of anilines is 4. The van der Waals surface area contributed by atoms with Gasteiger partial charge in [-0.1, -0.05) is 19.9 Å². The van der Waals surface area contributed by atoms with E-state index in [9.17, 15) is 17.9 Å². The molecule has 1 aromatic carbocycles. The summed E-state index contributed by atoms with van der Waals surface area (Å²) in [6, 6.07) is 8.14. The van der Waals surface area contributed by atoms with E-state index >= 15 is 0 Å². The molecule has 11 heteroatoms. The molecule has 5 rings (SSSR count). The zero-order valence-electron chi connectivity index (χ0n) is 23.1. The predicted octanol–water partition coefficient (Wildman–Crippen LogP) is 4.06. The second kappa shape index (κ2) is 10.2. The molecule has 0 aliphatic carbocycles. The van der Waals surface area contributed by atoms with E-state index < -0.39 is 21.6 Å². The number of alkyl halides is 1. The number of aromatic nitrogens is 3. The van der Waals surface area contributed by atoms with Crippen molar-refractivity contribution in [3.63, 3.8) is 0 Å². The van der Waals surface area contributed by atoms with Gasteiger partial charge in [0.1, 0.15) is 27.6 Å². The maximum Gasteiger partial charge on any atom is 0.227 e. The average Bonchev–Trinajstić information content (AvgIpc) is 2.86. The summed E-state index contributed by atoms with van der Waals surface area (Å²) in [4.78, 5) is 17.6. The van der Waals surface area contributed by atoms with E-state index in [2.05, 4.69) is 58.1 Å². The summed E-state index contributed by atoms with van der Waals surface area (Å²) in [5, 5.41) is 15.5. The monoisotopic (exact) mass is 556 g/mol. The standard InChI is InChI=1S/C28H37FN6O3S/c1-17(2)20-6-7-23(35-14-19(18(35)3)16-39(5,37)38)22-13-31-26(12-21(20)22)32-25-8-10-30-27(33-25)34-11-9-28(4,36)24(29)15-34/h6-8,10,12-13,17-19,24,36H,9,11,14-16H2,1-5H3,(H,30,31,32,33)/t18-,19-,24+,28-/m1/s1. The van der Waals surface area contributed by atoms with Gasteiger partial charge in [0.15, 0.2) is 0 Å². The summed E-state index contributed by atoms with van der Waals surface area (Å²) in [6.07, 6.45) is 3.70. The summed E-state index contributed by atoms with van der Waals surface area (Å²) in [5.74, 6) is 2.17. The Morgan fingerprint density at radius 1 is 1.18 bits per heavy atom. The van der Waals surface area contributed by atoms with Gasteiger partial charge in [-0.15, -0.1) is 0 Å². The number of benzene rings is 1. The highest BCUT2D eigenvalue weighted by Gasteiger charge is 2.39. The molecule has 9 nitrogen and oxygen atoms in total. The van der Waals surface area contributed by atoms with Gasteiger partial charge >= 0.3 is 0 Å². The second-order valence-electron chi connectivity index (χ2n) is 11.6. The Bertz CT molecular complexity index is 1480. The molecule has 39 heavy (non-hydrogen) atoms. The Hall–Kier alpha value is -3.05. The summed E-state index contributed by atoms with van der Waals surface area (Å²) >= 11 is 0. The number of rotatable bonds is 7. The smallest absolute Gasteiger partial charge is 0.227 e. The lowest BCUT2D eigenvalue weighted by molar-refractivity contribution is -0.0332. The molecular formula is C28H37FN6O3S. The van der Waals surface area contributed by atoms with Crippen molar-refractivity contribution < 1.29 is 17.9 Å². The number of piperidine rings is 1. The van der Waals surface area contributed by atoms with Crippen LogP contribution in [0.2, 0.25) is 0 Å². The minimum atomic E-state index is -3.03. The van der Waals surface area contributed by atoms with Crippen molar-refractivity contribution in [2.75, 3.05) is 46.8 Å². The van der Waals surface area contributed by atoms with E-state index in [0.717, 1.165) is 16.5 Å². The van der Waals surface area contributed by atoms with E-state index in [1.165, 1.54) is 18.7 Å². The third-order valence-corrected chi connectivity index (χ3v) is 9.12. The number of aliphatic hydroxyl groups is 1. The molecule has 0 amide bonds. The van der Waals surface area contributed by atoms with E-state index in [-0.39, 0.29) is 24.3 Å². The molecular weight excluding hydrogens is 519 g/mol. The first kappa shape index (κ1) is 27.5. The Labute approximate surface area is 229 Å². The topological polar surface area (TPSA) is 112 Å². The van der Waals surface area contributed by atoms with Crippen LogP contribution in [0.5, 0.6) is 0 Å². The lowest BCUT2D eigenvalue weighted by Gasteiger charge is -2.48. The van der Waals surface area contributed by atoms with E-state index in [1.54, 1.807) is 17.2 Å². The molecule has 2 fully saturated rings. The van der Waals surface area contributed by atoms with Crippen molar-refractivity contribution in [2.45, 2.75) is 57.8 Å². The van der Waals surface area contributed by atoms with Crippen LogP contribution in [-0.4, -0.2) is 77.9 Å². The van der Waals surface area contributed by atoms with Crippen LogP contribution in [0.25, 0.3) is 10.8 Å². The summed E-state index contributed by atoms with van der Waals surface area (Å²) < 4.78 is 38.1. The van der Waals surface area contributed by atoms with Gasteiger partial charge < -0.3 is 20.2 Å². The highest BCUT2D eigenvalue weighted by atomic mass is 32.2. The lowest BCUT2D eigenvalue weighted by atomic mass is 9.88. The number of halogens is 1. The van der Waals surface area contributed by atoms with Crippen LogP contribution in [0.1, 0.15) is 45.6 Å². The van der Waals surface area contributed by atoms with Gasteiger partial charge in [-0.25, -0.2) is 22.8 Å². The van der Waals surface area contributed by atoms with Crippen molar-refractivity contribution in [2.24, 2.45) is 5.92 Å². The molecule has 2 saturated heterocycles. The van der Waals surface area contributed by atoms with Gasteiger partial charge in [0.05, 0.1) is 17.9 Å². The van der Waals surface area contributed by atoms with Crippen LogP contribution in [0, 0.1) is 5.92 Å². The van der Waals surface area contributed by atoms with Crippen LogP contribution in [0.15, 0.2) is 36.7 Å². The van der Waals surface area contributed by atoms with Gasteiger partial charge in [0, 0.05) is 54.8 Å². The maximum absolute atomic E-state index is 14.4. The second-order valence-corrected chi connectivity index (χ2v) is 13.8. The third-order valence-electron chi connectivity index (χ3n) is 8.09. The maximum atomic E-state index is 14.4. The van der Waals surface area contributed by atoms with Crippen molar-refractivity contribution in [1.82, 2.24) is 15.0 Å². The number of hydrogen-bond donors (Lipinski definition) is 2. The molecule has 4 heterocycles. The number of sulfone groups is 1. The number of fused-ring (bicyclic) bond motifs is 1. The molecule has 2 N–H and O–H groups in total. The minimum absolute atomic E-state index is 0.0329. The normalized spacial score (nSPS) is 25.7. The van der Waals surface area contributed by atoms with Crippen LogP contribution in [0.3, 0.4) is 0 Å². The molecule has 2 aliphatic heterocycles. The van der Waals surface area contributed by atoms with Crippen LogP contribution >= 0.6 is 0 Å². The molecule has 0 unspecified atom stereocenters. The van der Waals surface area contributed by atoms with Crippen LogP contribution in [-0.2, 0) is 9.84 Å². The Kier molecular flexibility index (Phi) is 7.17. The molecule has 4 atom stereocenters. The van der Waals surface area contributed by atoms with Gasteiger partial charge in [-0.05, 0) is 55.3 Å². The number of pyridine rings is 1. The van der Waals surface area contributed by atoms with Crippen molar-refractivity contribution >= 4 is 43.9 Å². The summed E-state index contributed by atoms with van der Waals surface area (Å²) in [7, 11) is -3.03. The fourth-order valence-corrected chi connectivity index (χ4v) is 6.70. The number of nitrogens with one attached hydrogen (secondary N) is 1. The van der Waals surface area contributed by atoms with Crippen molar-refractivity contribution in [1.29, 1.82) is 0 Å². The molecule has 2 aliphatic rings. The zero-order chi connectivity index (χ0) is 28.1. The summed E-state index contributed by atoms with van der Waals surface area (Å²) in [6.45, 7) is 9.09. The SMILES string of the molecule is CC(C)c1ccc(N2C[C@H](CS(C)(=O)=O)[C@H]2C)c2cnc(Nc3ccnc(N4CC[C@@](C)(O)[C@@H](F)C4)n3)cc12. The Morgan fingerprint density at radius 3 is 2.62 bits per heavy atom. The van der Waals surface area contributed by atoms with E-state index in [0.29, 0.717) is 43.0 Å². The molecule has 0 bridgehead atoms. The molecule has 2 aromatic heterocycles. The van der Waals surface area contributed by atoms with Gasteiger partial charge in [-0.3, -0.25) is 0 Å². The number of hydrogen-bond acceptors (Lipinski definition) is 9. The highest BCUT2D eigenvalue weighted by molar-refractivity contribution is 7.90. The van der Waals surface area contributed by atoms with Crippen molar-refractivity contribution in [3.8, 4) is 0 Å². The quantitative estimate of drug-likeness (QED) is 0.445. The molecule has 0 saturated carbocycles. The first-order valence-electron chi connectivity index (χ1n) is 13.4. The Morgan fingerprint density at radius 2 is 1.95 bits per heavy atom. The fourth-order valence-electron chi connectivity index (χ4n) is 5.54. The number of nitrogens with zero attached hydrogens (tertiary/aromatic N) is 5. The van der Waals surface area contributed by atoms with Gasteiger partial charge in [0.2, 0.25) is 5.95 Å². The zero-order valence-corrected chi connectivity index (χ0v) is 23.9. The molecule has 0 radical (unpaired) electrons. The first-order chi connectivity index (χ1) is 18.3. The summed E-state index contributed by atoms with van der Waals surface area (Å²) in [5.41, 5.74) is 0.908. The predicted molar refractivity (Wildman–Crippen MR) is 154 cm³/mol. The highest BCUT2D eigenvalue weighted by Crippen LogP contribution is 2.39. The van der Waals surface area contributed by atoms with Crippen LogP contribution < -0.4 is 15.1 Å². The first-order valence-corrected chi connectivity index (χ1v) is 15.5. The third kappa shape index (κ3) is 5.65. The van der Waals surface area contributed by atoms with E-state index in [1.807, 2.05) is 12.3 Å². The van der Waals surface area contributed by atoms with Gasteiger partial charge in [-0.2, -0.15) is 4.98 Å². The van der Waals surface area contributed by atoms with Crippen molar-refractivity contribution in [3.05, 3.63) is 42.2 Å². The van der Waals surface area contributed by atoms with Gasteiger partial charge in [0.25, 0.3) is 0 Å². The molecule has 3 aromatic rings. The molecule has 0 spiro atoms. The largest absolute Gasteiger partial charge is 0.387 e. The van der Waals surface area contributed by atoms with E-state index in [4.69, 9.17) is 0 Å². The van der Waals surface area contributed by atoms with Crippen LogP contribution in [0.4, 0.5) is 27.7 Å². The minimum Gasteiger partial charge on any atom is -0.387 e. The fraction of sp³-hybridized carbons (Fsp3) is 0.536. The average molecular weight is 557 g/mol. The Balaban J connectivity index is 1.40. The lowest BCUT2D eigenvalue weighted by Crippen LogP contribution is -2.57.